The van der Waals surface area contributed by atoms with Crippen molar-refractivity contribution in [3.63, 3.8) is 0 Å². The van der Waals surface area contributed by atoms with Crippen LogP contribution in [0.2, 0.25) is 0 Å². The number of hydrogen-bond acceptors (Lipinski definition) is 3. The summed E-state index contributed by atoms with van der Waals surface area (Å²) in [5, 5.41) is 0. The number of nitrogens with zero attached hydrogens (tertiary/aromatic N) is 2. The van der Waals surface area contributed by atoms with Gasteiger partial charge in [-0.1, -0.05) is 20.8 Å². The molecule has 0 aliphatic heterocycles. The lowest BCUT2D eigenvalue weighted by Gasteiger charge is -2.19. The van der Waals surface area contributed by atoms with Crippen LogP contribution in [0.5, 0.6) is 5.75 Å². The molecule has 1 heterocycles. The van der Waals surface area contributed by atoms with Crippen LogP contribution in [0, 0.1) is 18.8 Å². The summed E-state index contributed by atoms with van der Waals surface area (Å²) in [5.74, 6) is 0.520. The molecule has 1 atom stereocenters. The van der Waals surface area contributed by atoms with Gasteiger partial charge in [-0.2, -0.15) is 13.2 Å². The van der Waals surface area contributed by atoms with Crippen molar-refractivity contribution in [2.75, 3.05) is 6.61 Å². The Balaban J connectivity index is 2.29. The minimum atomic E-state index is -4.49. The normalized spacial score (nSPS) is 13.1. The number of ether oxygens (including phenoxy) is 1. The van der Waals surface area contributed by atoms with Gasteiger partial charge < -0.3 is 4.74 Å². The Bertz CT molecular complexity index is 714. The SMILES string of the molecule is Cc1cc(-c2ccc(OC[C@@H](C)CC(C)C)c(C(F)(F)F)c2)ncn1. The van der Waals surface area contributed by atoms with E-state index in [0.29, 0.717) is 22.9 Å². The van der Waals surface area contributed by atoms with Crippen molar-refractivity contribution in [3.05, 3.63) is 41.9 Å². The van der Waals surface area contributed by atoms with E-state index in [1.807, 2.05) is 6.92 Å². The van der Waals surface area contributed by atoms with Gasteiger partial charge in [0, 0.05) is 11.3 Å². The first-order chi connectivity index (χ1) is 11.7. The van der Waals surface area contributed by atoms with Crippen LogP contribution in [0.3, 0.4) is 0 Å². The number of aromatic nitrogens is 2. The molecule has 0 radical (unpaired) electrons. The van der Waals surface area contributed by atoms with Crippen molar-refractivity contribution in [2.24, 2.45) is 11.8 Å². The zero-order chi connectivity index (χ0) is 18.6. The van der Waals surface area contributed by atoms with Gasteiger partial charge in [0.05, 0.1) is 17.9 Å². The molecule has 0 unspecified atom stereocenters. The molecule has 6 heteroatoms. The predicted octanol–water partition coefficient (Wildman–Crippen LogP) is 5.53. The summed E-state index contributed by atoms with van der Waals surface area (Å²) in [6.07, 6.45) is -2.25. The fourth-order valence-corrected chi connectivity index (χ4v) is 2.75. The van der Waals surface area contributed by atoms with E-state index in [9.17, 15) is 13.2 Å². The van der Waals surface area contributed by atoms with Gasteiger partial charge >= 0.3 is 6.18 Å². The Labute approximate surface area is 146 Å². The minimum absolute atomic E-state index is 0.141. The number of aryl methyl sites for hydroxylation is 1. The molecule has 0 fully saturated rings. The van der Waals surface area contributed by atoms with Gasteiger partial charge in [0.1, 0.15) is 12.1 Å². The highest BCUT2D eigenvalue weighted by atomic mass is 19.4. The van der Waals surface area contributed by atoms with Gasteiger partial charge in [-0.05, 0) is 49.4 Å². The van der Waals surface area contributed by atoms with Crippen molar-refractivity contribution >= 4 is 0 Å². The lowest BCUT2D eigenvalue weighted by atomic mass is 10.00. The summed E-state index contributed by atoms with van der Waals surface area (Å²) in [6, 6.07) is 5.71. The first-order valence-corrected chi connectivity index (χ1v) is 8.30. The van der Waals surface area contributed by atoms with E-state index in [4.69, 9.17) is 4.74 Å². The highest BCUT2D eigenvalue weighted by Gasteiger charge is 2.35. The molecule has 0 N–H and O–H groups in total. The number of hydrogen-bond donors (Lipinski definition) is 0. The van der Waals surface area contributed by atoms with Crippen LogP contribution in [0.4, 0.5) is 13.2 Å². The van der Waals surface area contributed by atoms with Crippen LogP contribution in [-0.4, -0.2) is 16.6 Å². The van der Waals surface area contributed by atoms with Crippen LogP contribution in [0.25, 0.3) is 11.3 Å². The molecule has 0 bridgehead atoms. The van der Waals surface area contributed by atoms with Crippen LogP contribution < -0.4 is 4.74 Å². The Morgan fingerprint density at radius 3 is 2.40 bits per heavy atom. The van der Waals surface area contributed by atoms with Crippen molar-refractivity contribution < 1.29 is 17.9 Å². The van der Waals surface area contributed by atoms with Gasteiger partial charge in [-0.15, -0.1) is 0 Å². The molecule has 0 spiro atoms. The minimum Gasteiger partial charge on any atom is -0.493 e. The summed E-state index contributed by atoms with van der Waals surface area (Å²) in [5.41, 5.74) is 0.762. The van der Waals surface area contributed by atoms with E-state index in [1.165, 1.54) is 12.4 Å². The van der Waals surface area contributed by atoms with E-state index >= 15 is 0 Å². The molecule has 2 rings (SSSR count). The third kappa shape index (κ3) is 5.44. The first-order valence-electron chi connectivity index (χ1n) is 8.30. The highest BCUT2D eigenvalue weighted by molar-refractivity contribution is 5.62. The summed E-state index contributed by atoms with van der Waals surface area (Å²) >= 11 is 0. The average Bonchev–Trinajstić information content (AvgIpc) is 2.51. The maximum atomic E-state index is 13.4. The quantitative estimate of drug-likeness (QED) is 0.685. The Morgan fingerprint density at radius 1 is 1.08 bits per heavy atom. The van der Waals surface area contributed by atoms with E-state index < -0.39 is 11.7 Å². The van der Waals surface area contributed by atoms with E-state index in [1.54, 1.807) is 19.1 Å². The Hall–Kier alpha value is -2.11. The maximum Gasteiger partial charge on any atom is 0.419 e. The molecular formula is C19H23F3N2O. The molecule has 0 saturated heterocycles. The fourth-order valence-electron chi connectivity index (χ4n) is 2.75. The smallest absolute Gasteiger partial charge is 0.419 e. The van der Waals surface area contributed by atoms with Gasteiger partial charge in [0.2, 0.25) is 0 Å². The van der Waals surface area contributed by atoms with Gasteiger partial charge in [-0.25, -0.2) is 9.97 Å². The molecular weight excluding hydrogens is 329 g/mol. The van der Waals surface area contributed by atoms with Crippen LogP contribution >= 0.6 is 0 Å². The number of rotatable bonds is 6. The van der Waals surface area contributed by atoms with Gasteiger partial charge in [0.15, 0.2) is 0 Å². The van der Waals surface area contributed by atoms with Crippen LogP contribution in [0.1, 0.15) is 38.4 Å². The molecule has 136 valence electrons. The van der Waals surface area contributed by atoms with Crippen molar-refractivity contribution in [2.45, 2.75) is 40.3 Å². The van der Waals surface area contributed by atoms with Gasteiger partial charge in [0.25, 0.3) is 0 Å². The number of halogens is 3. The van der Waals surface area contributed by atoms with Gasteiger partial charge in [-0.3, -0.25) is 0 Å². The molecule has 1 aromatic heterocycles. The largest absolute Gasteiger partial charge is 0.493 e. The van der Waals surface area contributed by atoms with Crippen LogP contribution in [-0.2, 0) is 6.18 Å². The van der Waals surface area contributed by atoms with Crippen molar-refractivity contribution in [1.82, 2.24) is 9.97 Å². The Kier molecular flexibility index (Phi) is 6.03. The van der Waals surface area contributed by atoms with Crippen molar-refractivity contribution in [3.8, 4) is 17.0 Å². The van der Waals surface area contributed by atoms with E-state index in [2.05, 4.69) is 23.8 Å². The lowest BCUT2D eigenvalue weighted by Crippen LogP contribution is -2.14. The molecule has 0 amide bonds. The first kappa shape index (κ1) is 19.2. The highest BCUT2D eigenvalue weighted by Crippen LogP contribution is 2.38. The Morgan fingerprint density at radius 2 is 1.80 bits per heavy atom. The molecule has 0 aliphatic carbocycles. The summed E-state index contributed by atoms with van der Waals surface area (Å²) < 4.78 is 45.8. The van der Waals surface area contributed by atoms with E-state index in [-0.39, 0.29) is 18.3 Å². The second-order valence-corrected chi connectivity index (χ2v) is 6.80. The zero-order valence-corrected chi connectivity index (χ0v) is 14.9. The maximum absolute atomic E-state index is 13.4. The lowest BCUT2D eigenvalue weighted by molar-refractivity contribution is -0.139. The monoisotopic (exact) mass is 352 g/mol. The third-order valence-corrected chi connectivity index (χ3v) is 3.78. The summed E-state index contributed by atoms with van der Waals surface area (Å²) in [6.45, 7) is 8.16. The average molecular weight is 352 g/mol. The summed E-state index contributed by atoms with van der Waals surface area (Å²) in [7, 11) is 0. The molecule has 0 saturated carbocycles. The second-order valence-electron chi connectivity index (χ2n) is 6.80. The molecule has 3 nitrogen and oxygen atoms in total. The van der Waals surface area contributed by atoms with Crippen molar-refractivity contribution in [1.29, 1.82) is 0 Å². The third-order valence-electron chi connectivity index (χ3n) is 3.78. The second kappa shape index (κ2) is 7.85. The molecule has 0 aliphatic rings. The zero-order valence-electron chi connectivity index (χ0n) is 14.9. The van der Waals surface area contributed by atoms with Crippen LogP contribution in [0.15, 0.2) is 30.6 Å². The molecule has 2 aromatic rings. The van der Waals surface area contributed by atoms with E-state index in [0.717, 1.165) is 12.5 Å². The number of alkyl halides is 3. The topological polar surface area (TPSA) is 35.0 Å². The predicted molar refractivity (Wildman–Crippen MR) is 91.3 cm³/mol. The molecule has 1 aromatic carbocycles. The fraction of sp³-hybridized carbons (Fsp3) is 0.474. The molecule has 25 heavy (non-hydrogen) atoms. The standard InChI is InChI=1S/C19H23F3N2O/c1-12(2)7-13(3)10-25-18-6-5-15(9-16(18)19(20,21)22)17-8-14(4)23-11-24-17/h5-6,8-9,11-13H,7,10H2,1-4H3/t13-/m0/s1. The number of benzene rings is 1. The summed E-state index contributed by atoms with van der Waals surface area (Å²) in [4.78, 5) is 8.02.